The Kier molecular flexibility index (Phi) is 3.09. The first-order chi connectivity index (χ1) is 9.09. The van der Waals surface area contributed by atoms with E-state index in [1.165, 1.54) is 5.56 Å². The summed E-state index contributed by atoms with van der Waals surface area (Å²) in [6.45, 7) is 1.46. The molecule has 0 aliphatic carbocycles. The summed E-state index contributed by atoms with van der Waals surface area (Å²) in [5.41, 5.74) is 2.09. The predicted octanol–water partition coefficient (Wildman–Crippen LogP) is 3.02. The zero-order chi connectivity index (χ0) is 13.5. The van der Waals surface area contributed by atoms with Crippen LogP contribution in [0.3, 0.4) is 0 Å². The van der Waals surface area contributed by atoms with E-state index in [0.717, 1.165) is 17.7 Å². The van der Waals surface area contributed by atoms with Crippen molar-refractivity contribution in [1.82, 2.24) is 4.90 Å². The Balaban J connectivity index is 2.15. The van der Waals surface area contributed by atoms with Crippen LogP contribution >= 0.6 is 11.6 Å². The largest absolute Gasteiger partial charge is 0.379 e. The second kappa shape index (κ2) is 4.64. The molecule has 2 nitrogen and oxygen atoms in total. The summed E-state index contributed by atoms with van der Waals surface area (Å²) in [5, 5.41) is 11.9. The lowest BCUT2D eigenvalue weighted by molar-refractivity contribution is 0.0283. The summed E-state index contributed by atoms with van der Waals surface area (Å²) in [4.78, 5) is 2.14. The lowest BCUT2D eigenvalue weighted by atomic mass is 9.80. The standard InChI is InChI=1S/C16H16ClNO/c1-18-10-12-4-2-3-5-15(12)16(19,11-18)13-6-8-14(17)9-7-13/h2-9,19H,10-11H2,1H3/t16-/m0/s1. The van der Waals surface area contributed by atoms with E-state index >= 15 is 0 Å². The van der Waals surface area contributed by atoms with Gasteiger partial charge in [-0.25, -0.2) is 0 Å². The maximum atomic E-state index is 11.2. The van der Waals surface area contributed by atoms with Crippen molar-refractivity contribution in [3.8, 4) is 0 Å². The van der Waals surface area contributed by atoms with E-state index in [2.05, 4.69) is 11.0 Å². The fraction of sp³-hybridized carbons (Fsp3) is 0.250. The molecule has 3 rings (SSSR count). The van der Waals surface area contributed by atoms with Gasteiger partial charge >= 0.3 is 0 Å². The third-order valence-electron chi connectivity index (χ3n) is 3.72. The van der Waals surface area contributed by atoms with E-state index in [-0.39, 0.29) is 0 Å². The molecular weight excluding hydrogens is 258 g/mol. The molecule has 19 heavy (non-hydrogen) atoms. The Morgan fingerprint density at radius 1 is 1.11 bits per heavy atom. The number of benzene rings is 2. The number of fused-ring (bicyclic) bond motifs is 1. The van der Waals surface area contributed by atoms with Crippen molar-refractivity contribution >= 4 is 11.6 Å². The van der Waals surface area contributed by atoms with Gasteiger partial charge in [-0.05, 0) is 35.9 Å². The normalized spacial score (nSPS) is 23.1. The molecule has 0 radical (unpaired) electrons. The number of β-amino-alcohol motifs (C(OH)–C–C–N with tert-alkyl or cyclic N) is 1. The minimum atomic E-state index is -0.964. The highest BCUT2D eigenvalue weighted by Crippen LogP contribution is 2.37. The van der Waals surface area contributed by atoms with Crippen molar-refractivity contribution in [2.75, 3.05) is 13.6 Å². The average molecular weight is 274 g/mol. The molecule has 2 aromatic rings. The molecule has 0 unspecified atom stereocenters. The van der Waals surface area contributed by atoms with Crippen LogP contribution in [0.2, 0.25) is 5.02 Å². The minimum Gasteiger partial charge on any atom is -0.379 e. The minimum absolute atomic E-state index is 0.589. The number of hydrogen-bond donors (Lipinski definition) is 1. The van der Waals surface area contributed by atoms with Gasteiger partial charge in [-0.1, -0.05) is 48.0 Å². The molecule has 98 valence electrons. The molecule has 1 heterocycles. The zero-order valence-electron chi connectivity index (χ0n) is 10.8. The second-order valence-electron chi connectivity index (χ2n) is 5.20. The highest BCUT2D eigenvalue weighted by Gasteiger charge is 2.37. The van der Waals surface area contributed by atoms with Gasteiger partial charge in [-0.3, -0.25) is 4.90 Å². The number of nitrogens with zero attached hydrogens (tertiary/aromatic N) is 1. The first-order valence-electron chi connectivity index (χ1n) is 6.35. The summed E-state index contributed by atoms with van der Waals surface area (Å²) < 4.78 is 0. The molecule has 0 saturated carbocycles. The summed E-state index contributed by atoms with van der Waals surface area (Å²) in [6, 6.07) is 15.5. The molecule has 0 spiro atoms. The van der Waals surface area contributed by atoms with E-state index in [0.29, 0.717) is 11.6 Å². The molecule has 0 fully saturated rings. The molecular formula is C16H16ClNO. The molecule has 1 N–H and O–H groups in total. The Morgan fingerprint density at radius 2 is 1.79 bits per heavy atom. The zero-order valence-corrected chi connectivity index (χ0v) is 11.6. The summed E-state index contributed by atoms with van der Waals surface area (Å²) >= 11 is 5.93. The summed E-state index contributed by atoms with van der Waals surface area (Å²) in [6.07, 6.45) is 0. The maximum Gasteiger partial charge on any atom is 0.128 e. The van der Waals surface area contributed by atoms with Crippen LogP contribution in [0.25, 0.3) is 0 Å². The van der Waals surface area contributed by atoms with Crippen LogP contribution in [0.15, 0.2) is 48.5 Å². The van der Waals surface area contributed by atoms with Crippen LogP contribution in [-0.2, 0) is 12.1 Å². The van der Waals surface area contributed by atoms with Crippen molar-refractivity contribution in [1.29, 1.82) is 0 Å². The van der Waals surface area contributed by atoms with Crippen LogP contribution in [0.4, 0.5) is 0 Å². The van der Waals surface area contributed by atoms with Crippen molar-refractivity contribution in [3.63, 3.8) is 0 Å². The summed E-state index contributed by atoms with van der Waals surface area (Å²) in [5.74, 6) is 0. The van der Waals surface area contributed by atoms with Crippen LogP contribution < -0.4 is 0 Å². The molecule has 0 amide bonds. The molecule has 3 heteroatoms. The Labute approximate surface area is 118 Å². The molecule has 0 bridgehead atoms. The summed E-state index contributed by atoms with van der Waals surface area (Å²) in [7, 11) is 2.02. The van der Waals surface area contributed by atoms with Gasteiger partial charge in [0.2, 0.25) is 0 Å². The van der Waals surface area contributed by atoms with Crippen LogP contribution in [0.1, 0.15) is 16.7 Å². The first-order valence-corrected chi connectivity index (χ1v) is 6.73. The smallest absolute Gasteiger partial charge is 0.128 e. The van der Waals surface area contributed by atoms with Crippen molar-refractivity contribution < 1.29 is 5.11 Å². The van der Waals surface area contributed by atoms with Gasteiger partial charge in [0, 0.05) is 18.1 Å². The Morgan fingerprint density at radius 3 is 2.53 bits per heavy atom. The maximum absolute atomic E-state index is 11.2. The molecule has 2 aromatic carbocycles. The van der Waals surface area contributed by atoms with Gasteiger partial charge in [0.1, 0.15) is 5.60 Å². The third kappa shape index (κ3) is 2.16. The fourth-order valence-electron chi connectivity index (χ4n) is 2.86. The Hall–Kier alpha value is -1.35. The SMILES string of the molecule is CN1Cc2ccccc2[C@@](O)(c2ccc(Cl)cc2)C1. The van der Waals surface area contributed by atoms with Crippen LogP contribution in [-0.4, -0.2) is 23.6 Å². The van der Waals surface area contributed by atoms with Crippen molar-refractivity contribution in [2.45, 2.75) is 12.1 Å². The molecule has 1 aliphatic rings. The highest BCUT2D eigenvalue weighted by molar-refractivity contribution is 6.30. The quantitative estimate of drug-likeness (QED) is 0.863. The van der Waals surface area contributed by atoms with Gasteiger partial charge in [0.25, 0.3) is 0 Å². The molecule has 0 saturated heterocycles. The van der Waals surface area contributed by atoms with Crippen LogP contribution in [0, 0.1) is 0 Å². The van der Waals surface area contributed by atoms with Gasteiger partial charge in [0.15, 0.2) is 0 Å². The van der Waals surface area contributed by atoms with Gasteiger partial charge in [0.05, 0.1) is 0 Å². The van der Waals surface area contributed by atoms with E-state index in [4.69, 9.17) is 11.6 Å². The van der Waals surface area contributed by atoms with E-state index in [1.807, 2.05) is 49.5 Å². The van der Waals surface area contributed by atoms with Gasteiger partial charge in [-0.15, -0.1) is 0 Å². The third-order valence-corrected chi connectivity index (χ3v) is 3.98. The lowest BCUT2D eigenvalue weighted by Gasteiger charge is -2.39. The topological polar surface area (TPSA) is 23.5 Å². The average Bonchev–Trinajstić information content (AvgIpc) is 2.39. The van der Waals surface area contributed by atoms with Gasteiger partial charge in [-0.2, -0.15) is 0 Å². The number of hydrogen-bond acceptors (Lipinski definition) is 2. The van der Waals surface area contributed by atoms with Crippen molar-refractivity contribution in [2.24, 2.45) is 0 Å². The fourth-order valence-corrected chi connectivity index (χ4v) is 2.98. The molecule has 1 aliphatic heterocycles. The van der Waals surface area contributed by atoms with E-state index in [1.54, 1.807) is 0 Å². The van der Waals surface area contributed by atoms with Crippen molar-refractivity contribution in [3.05, 3.63) is 70.2 Å². The predicted molar refractivity (Wildman–Crippen MR) is 77.2 cm³/mol. The van der Waals surface area contributed by atoms with Gasteiger partial charge < -0.3 is 5.11 Å². The number of aliphatic hydroxyl groups is 1. The first kappa shape index (κ1) is 12.7. The molecule has 1 atom stereocenters. The number of rotatable bonds is 1. The second-order valence-corrected chi connectivity index (χ2v) is 5.63. The highest BCUT2D eigenvalue weighted by atomic mass is 35.5. The van der Waals surface area contributed by atoms with Crippen LogP contribution in [0.5, 0.6) is 0 Å². The lowest BCUT2D eigenvalue weighted by Crippen LogP contribution is -2.44. The van der Waals surface area contributed by atoms with E-state index < -0.39 is 5.60 Å². The Bertz CT molecular complexity index is 596. The number of halogens is 1. The number of likely N-dealkylation sites (N-methyl/N-ethyl adjacent to an activating group) is 1. The molecule has 0 aromatic heterocycles. The van der Waals surface area contributed by atoms with E-state index in [9.17, 15) is 5.11 Å². The monoisotopic (exact) mass is 273 g/mol.